The van der Waals surface area contributed by atoms with Gasteiger partial charge in [-0.1, -0.05) is 19.1 Å². The average Bonchev–Trinajstić information content (AvgIpc) is 3.12. The third-order valence-corrected chi connectivity index (χ3v) is 7.16. The van der Waals surface area contributed by atoms with Gasteiger partial charge in [-0.3, -0.25) is 0 Å². The van der Waals surface area contributed by atoms with Gasteiger partial charge in [0.05, 0.1) is 24.7 Å². The number of anilines is 1. The SMILES string of the molecule is CCCOc1ccc(CN(C(=S)Nc2ccc(OCC)cc2)C2CCS(=O)(=O)C2)cc1. The first-order chi connectivity index (χ1) is 14.9. The van der Waals surface area contributed by atoms with Gasteiger partial charge in [0.1, 0.15) is 11.5 Å². The highest BCUT2D eigenvalue weighted by atomic mass is 32.2. The lowest BCUT2D eigenvalue weighted by Gasteiger charge is -2.31. The van der Waals surface area contributed by atoms with Crippen molar-refractivity contribution in [1.29, 1.82) is 0 Å². The van der Waals surface area contributed by atoms with E-state index in [0.717, 1.165) is 29.2 Å². The van der Waals surface area contributed by atoms with Gasteiger partial charge in [-0.15, -0.1) is 0 Å². The van der Waals surface area contributed by atoms with Crippen LogP contribution in [0, 0.1) is 0 Å². The number of hydrogen-bond donors (Lipinski definition) is 1. The maximum Gasteiger partial charge on any atom is 0.174 e. The normalized spacial score (nSPS) is 17.2. The van der Waals surface area contributed by atoms with Gasteiger partial charge in [-0.2, -0.15) is 0 Å². The quantitative estimate of drug-likeness (QED) is 0.559. The maximum atomic E-state index is 12.1. The van der Waals surface area contributed by atoms with E-state index >= 15 is 0 Å². The smallest absolute Gasteiger partial charge is 0.174 e. The lowest BCUT2D eigenvalue weighted by atomic mass is 10.1. The van der Waals surface area contributed by atoms with Gasteiger partial charge in [0, 0.05) is 18.3 Å². The number of nitrogens with zero attached hydrogens (tertiary/aromatic N) is 1. The van der Waals surface area contributed by atoms with Crippen molar-refractivity contribution in [3.05, 3.63) is 54.1 Å². The first kappa shape index (κ1) is 23.3. The van der Waals surface area contributed by atoms with Crippen LogP contribution in [0.2, 0.25) is 0 Å². The Labute approximate surface area is 190 Å². The number of hydrogen-bond acceptors (Lipinski definition) is 5. The van der Waals surface area contributed by atoms with Crippen LogP contribution in [-0.2, 0) is 16.4 Å². The highest BCUT2D eigenvalue weighted by Gasteiger charge is 2.33. The van der Waals surface area contributed by atoms with Crippen LogP contribution < -0.4 is 14.8 Å². The Kier molecular flexibility index (Phi) is 8.15. The Morgan fingerprint density at radius 2 is 1.71 bits per heavy atom. The first-order valence-corrected chi connectivity index (χ1v) is 12.9. The molecular weight excluding hydrogens is 432 g/mol. The minimum Gasteiger partial charge on any atom is -0.494 e. The molecule has 8 heteroatoms. The lowest BCUT2D eigenvalue weighted by Crippen LogP contribution is -2.43. The molecule has 168 valence electrons. The molecule has 1 unspecified atom stereocenters. The third kappa shape index (κ3) is 6.83. The van der Waals surface area contributed by atoms with E-state index in [9.17, 15) is 8.42 Å². The Balaban J connectivity index is 1.73. The second kappa shape index (κ2) is 10.8. The zero-order valence-corrected chi connectivity index (χ0v) is 19.7. The summed E-state index contributed by atoms with van der Waals surface area (Å²) in [5.74, 6) is 1.94. The minimum atomic E-state index is -3.03. The predicted octanol–water partition coefficient (Wildman–Crippen LogP) is 4.26. The van der Waals surface area contributed by atoms with E-state index in [1.54, 1.807) is 0 Å². The van der Waals surface area contributed by atoms with Crippen molar-refractivity contribution in [2.24, 2.45) is 0 Å². The van der Waals surface area contributed by atoms with Crippen LogP contribution >= 0.6 is 12.2 Å². The molecule has 0 amide bonds. The molecule has 2 aromatic rings. The van der Waals surface area contributed by atoms with Gasteiger partial charge in [-0.05, 0) is 73.9 Å². The molecule has 6 nitrogen and oxygen atoms in total. The van der Waals surface area contributed by atoms with E-state index in [-0.39, 0.29) is 17.5 Å². The van der Waals surface area contributed by atoms with Gasteiger partial charge >= 0.3 is 0 Å². The Morgan fingerprint density at radius 3 is 2.29 bits per heavy atom. The number of benzene rings is 2. The third-order valence-electron chi connectivity index (χ3n) is 5.08. The van der Waals surface area contributed by atoms with Crippen molar-refractivity contribution in [2.45, 2.75) is 39.3 Å². The fraction of sp³-hybridized carbons (Fsp3) is 0.435. The van der Waals surface area contributed by atoms with E-state index in [0.29, 0.717) is 31.3 Å². The lowest BCUT2D eigenvalue weighted by molar-refractivity contribution is 0.316. The van der Waals surface area contributed by atoms with E-state index in [1.165, 1.54) is 0 Å². The van der Waals surface area contributed by atoms with Crippen molar-refractivity contribution in [3.8, 4) is 11.5 Å². The Bertz CT molecular complexity index is 960. The maximum absolute atomic E-state index is 12.1. The monoisotopic (exact) mass is 462 g/mol. The van der Waals surface area contributed by atoms with Gasteiger partial charge < -0.3 is 19.7 Å². The van der Waals surface area contributed by atoms with Crippen LogP contribution in [0.3, 0.4) is 0 Å². The summed E-state index contributed by atoms with van der Waals surface area (Å²) in [7, 11) is -3.03. The van der Waals surface area contributed by atoms with Crippen LogP contribution in [0.5, 0.6) is 11.5 Å². The number of rotatable bonds is 9. The summed E-state index contributed by atoms with van der Waals surface area (Å²) in [5, 5.41) is 3.77. The van der Waals surface area contributed by atoms with Crippen LogP contribution in [0.15, 0.2) is 48.5 Å². The van der Waals surface area contributed by atoms with Crippen LogP contribution in [-0.4, -0.2) is 49.2 Å². The van der Waals surface area contributed by atoms with Crippen molar-refractivity contribution >= 4 is 32.9 Å². The fourth-order valence-corrected chi connectivity index (χ4v) is 5.55. The molecule has 1 saturated heterocycles. The summed E-state index contributed by atoms with van der Waals surface area (Å²) < 4.78 is 35.3. The summed E-state index contributed by atoms with van der Waals surface area (Å²) in [4.78, 5) is 1.98. The van der Waals surface area contributed by atoms with Crippen molar-refractivity contribution < 1.29 is 17.9 Å². The van der Waals surface area contributed by atoms with E-state index in [4.69, 9.17) is 21.7 Å². The predicted molar refractivity (Wildman–Crippen MR) is 129 cm³/mol. The second-order valence-electron chi connectivity index (χ2n) is 7.56. The molecule has 1 atom stereocenters. The average molecular weight is 463 g/mol. The van der Waals surface area contributed by atoms with Crippen LogP contribution in [0.25, 0.3) is 0 Å². The summed E-state index contributed by atoms with van der Waals surface area (Å²) in [6, 6.07) is 15.3. The molecule has 0 aromatic heterocycles. The molecule has 1 heterocycles. The highest BCUT2D eigenvalue weighted by Crippen LogP contribution is 2.23. The second-order valence-corrected chi connectivity index (χ2v) is 10.2. The summed E-state index contributed by atoms with van der Waals surface area (Å²) in [6.07, 6.45) is 1.53. The largest absolute Gasteiger partial charge is 0.494 e. The molecule has 31 heavy (non-hydrogen) atoms. The molecule has 1 fully saturated rings. The number of nitrogens with one attached hydrogen (secondary N) is 1. The zero-order valence-electron chi connectivity index (χ0n) is 18.0. The Hall–Kier alpha value is -2.32. The number of thiocarbonyl (C=S) groups is 1. The molecule has 0 radical (unpaired) electrons. The number of ether oxygens (including phenoxy) is 2. The summed E-state index contributed by atoms with van der Waals surface area (Å²) in [5.41, 5.74) is 1.88. The highest BCUT2D eigenvalue weighted by molar-refractivity contribution is 7.91. The van der Waals surface area contributed by atoms with Gasteiger partial charge in [0.15, 0.2) is 14.9 Å². The van der Waals surface area contributed by atoms with Crippen molar-refractivity contribution in [2.75, 3.05) is 30.0 Å². The summed E-state index contributed by atoms with van der Waals surface area (Å²) in [6.45, 7) is 5.83. The summed E-state index contributed by atoms with van der Waals surface area (Å²) >= 11 is 5.70. The molecule has 0 aliphatic carbocycles. The van der Waals surface area contributed by atoms with Crippen molar-refractivity contribution in [3.63, 3.8) is 0 Å². The topological polar surface area (TPSA) is 67.9 Å². The molecule has 2 aromatic carbocycles. The molecule has 0 spiro atoms. The van der Waals surface area contributed by atoms with Crippen molar-refractivity contribution in [1.82, 2.24) is 4.90 Å². The molecule has 0 bridgehead atoms. The molecule has 1 aliphatic heterocycles. The van der Waals surface area contributed by atoms with Crippen LogP contribution in [0.1, 0.15) is 32.3 Å². The van der Waals surface area contributed by atoms with Gasteiger partial charge in [0.2, 0.25) is 0 Å². The van der Waals surface area contributed by atoms with Crippen LogP contribution in [0.4, 0.5) is 5.69 Å². The van der Waals surface area contributed by atoms with Gasteiger partial charge in [0.25, 0.3) is 0 Å². The minimum absolute atomic E-state index is 0.121. The van der Waals surface area contributed by atoms with E-state index in [1.807, 2.05) is 60.4 Å². The first-order valence-electron chi connectivity index (χ1n) is 10.6. The number of sulfone groups is 1. The van der Waals surface area contributed by atoms with Gasteiger partial charge in [-0.25, -0.2) is 8.42 Å². The standard InChI is InChI=1S/C23H30N2O4S2/c1-3-14-29-22-9-5-18(6-10-22)16-25(20-13-15-31(26,27)17-20)23(30)24-19-7-11-21(12-8-19)28-4-2/h5-12,20H,3-4,13-17H2,1-2H3,(H,24,30). The fourth-order valence-electron chi connectivity index (χ4n) is 3.49. The molecular formula is C23H30N2O4S2. The van der Waals surface area contributed by atoms with E-state index < -0.39 is 9.84 Å². The molecule has 1 N–H and O–H groups in total. The molecule has 1 aliphatic rings. The molecule has 3 rings (SSSR count). The molecule has 0 saturated carbocycles. The zero-order chi connectivity index (χ0) is 22.3. The van der Waals surface area contributed by atoms with E-state index in [2.05, 4.69) is 12.2 Å². The Morgan fingerprint density at radius 1 is 1.06 bits per heavy atom.